The second-order valence-corrected chi connectivity index (χ2v) is 8.26. The van der Waals surface area contributed by atoms with E-state index in [1.165, 1.54) is 30.5 Å². The molecule has 0 aromatic heterocycles. The number of allylic oxidation sites excluding steroid dienone is 1. The van der Waals surface area contributed by atoms with Gasteiger partial charge in [-0.05, 0) is 83.1 Å². The predicted octanol–water partition coefficient (Wildman–Crippen LogP) is 4.42. The van der Waals surface area contributed by atoms with Gasteiger partial charge in [0, 0.05) is 31.0 Å². The number of nitrogens with one attached hydrogen (secondary N) is 2. The summed E-state index contributed by atoms with van der Waals surface area (Å²) in [6, 6.07) is 6.13. The zero-order valence-electron chi connectivity index (χ0n) is 18.1. The molecule has 3 rings (SSSR count). The number of hydrogen-bond donors (Lipinski definition) is 2. The lowest BCUT2D eigenvalue weighted by atomic mass is 9.97. The lowest BCUT2D eigenvalue weighted by Gasteiger charge is -2.22. The average Bonchev–Trinajstić information content (AvgIpc) is 3.53. The third-order valence-corrected chi connectivity index (χ3v) is 6.19. The molecule has 5 nitrogen and oxygen atoms in total. The normalized spacial score (nSPS) is 20.6. The summed E-state index contributed by atoms with van der Waals surface area (Å²) in [6.07, 6.45) is 8.79. The van der Waals surface area contributed by atoms with Crippen LogP contribution in [0.25, 0.3) is 0 Å². The maximum absolute atomic E-state index is 12.6. The van der Waals surface area contributed by atoms with E-state index in [-0.39, 0.29) is 23.7 Å². The summed E-state index contributed by atoms with van der Waals surface area (Å²) in [4.78, 5) is 27.2. The first-order valence-corrected chi connectivity index (χ1v) is 11.2. The van der Waals surface area contributed by atoms with Gasteiger partial charge in [0.2, 0.25) is 11.8 Å². The van der Waals surface area contributed by atoms with Gasteiger partial charge in [-0.15, -0.1) is 0 Å². The highest BCUT2D eigenvalue weighted by Gasteiger charge is 2.47. The van der Waals surface area contributed by atoms with Gasteiger partial charge in [-0.3, -0.25) is 9.59 Å². The van der Waals surface area contributed by atoms with Crippen molar-refractivity contribution in [1.29, 1.82) is 0 Å². The van der Waals surface area contributed by atoms with Gasteiger partial charge in [-0.2, -0.15) is 0 Å². The van der Waals surface area contributed by atoms with Crippen molar-refractivity contribution in [2.45, 2.75) is 59.3 Å². The van der Waals surface area contributed by atoms with Crippen LogP contribution in [0.5, 0.6) is 0 Å². The third-order valence-electron chi connectivity index (χ3n) is 6.19. The Morgan fingerprint density at radius 3 is 2.52 bits per heavy atom. The van der Waals surface area contributed by atoms with Crippen molar-refractivity contribution in [3.63, 3.8) is 0 Å². The molecule has 2 aliphatic carbocycles. The Bertz CT molecular complexity index is 767. The minimum atomic E-state index is -0.203. The minimum Gasteiger partial charge on any atom is -0.372 e. The maximum Gasteiger partial charge on any atom is 0.228 e. The summed E-state index contributed by atoms with van der Waals surface area (Å²) >= 11 is 0. The van der Waals surface area contributed by atoms with Crippen LogP contribution in [0.1, 0.15) is 57.9 Å². The highest BCUT2D eigenvalue weighted by Crippen LogP contribution is 2.40. The van der Waals surface area contributed by atoms with Gasteiger partial charge in [-0.1, -0.05) is 11.6 Å². The molecule has 1 fully saturated rings. The molecule has 1 aromatic rings. The quantitative estimate of drug-likeness (QED) is 0.606. The fraction of sp³-hybridized carbons (Fsp3) is 0.583. The first kappa shape index (κ1) is 21.4. The van der Waals surface area contributed by atoms with Crippen LogP contribution in [-0.4, -0.2) is 31.4 Å². The monoisotopic (exact) mass is 397 g/mol. The van der Waals surface area contributed by atoms with E-state index in [1.54, 1.807) is 0 Å². The standard InChI is InChI=1S/C24H35N3O2/c1-4-27(5-2)19-11-12-22(17(3)15-19)26-24(29)21-16-20(21)23(28)25-14-13-18-9-7-6-8-10-18/h9,11-12,15,20-21H,4-8,10,13-14,16H2,1-3H3,(H,25,28)(H,26,29). The van der Waals surface area contributed by atoms with E-state index in [9.17, 15) is 9.59 Å². The molecule has 1 aromatic carbocycles. The maximum atomic E-state index is 12.6. The van der Waals surface area contributed by atoms with Gasteiger partial charge < -0.3 is 15.5 Å². The molecule has 2 atom stereocenters. The molecule has 1 saturated carbocycles. The fourth-order valence-corrected chi connectivity index (χ4v) is 4.18. The number of amides is 2. The van der Waals surface area contributed by atoms with Gasteiger partial charge in [0.1, 0.15) is 0 Å². The molecule has 5 heteroatoms. The Morgan fingerprint density at radius 2 is 1.86 bits per heavy atom. The Balaban J connectivity index is 1.46. The molecule has 0 saturated heterocycles. The summed E-state index contributed by atoms with van der Waals surface area (Å²) in [5.74, 6) is -0.398. The van der Waals surface area contributed by atoms with Crippen LogP contribution in [0.15, 0.2) is 29.8 Å². The van der Waals surface area contributed by atoms with Gasteiger partial charge in [0.05, 0.1) is 11.8 Å². The van der Waals surface area contributed by atoms with Gasteiger partial charge in [0.25, 0.3) is 0 Å². The summed E-state index contributed by atoms with van der Waals surface area (Å²) < 4.78 is 0. The molecule has 2 unspecified atom stereocenters. The summed E-state index contributed by atoms with van der Waals surface area (Å²) in [7, 11) is 0. The average molecular weight is 398 g/mol. The highest BCUT2D eigenvalue weighted by atomic mass is 16.2. The molecular formula is C24H35N3O2. The van der Waals surface area contributed by atoms with E-state index < -0.39 is 0 Å². The highest BCUT2D eigenvalue weighted by molar-refractivity contribution is 6.00. The van der Waals surface area contributed by atoms with Crippen molar-refractivity contribution in [3.05, 3.63) is 35.4 Å². The van der Waals surface area contributed by atoms with Gasteiger partial charge >= 0.3 is 0 Å². The Labute approximate surface area is 174 Å². The number of carbonyl (C=O) groups excluding carboxylic acids is 2. The largest absolute Gasteiger partial charge is 0.372 e. The van der Waals surface area contributed by atoms with Crippen molar-refractivity contribution in [1.82, 2.24) is 5.32 Å². The number of anilines is 2. The van der Waals surface area contributed by atoms with E-state index in [1.807, 2.05) is 19.1 Å². The molecule has 2 aliphatic rings. The Morgan fingerprint density at radius 1 is 1.10 bits per heavy atom. The Kier molecular flexibility index (Phi) is 7.34. The van der Waals surface area contributed by atoms with Crippen LogP contribution in [-0.2, 0) is 9.59 Å². The zero-order valence-corrected chi connectivity index (χ0v) is 18.1. The number of benzene rings is 1. The zero-order chi connectivity index (χ0) is 20.8. The van der Waals surface area contributed by atoms with E-state index in [4.69, 9.17) is 0 Å². The van der Waals surface area contributed by atoms with Crippen LogP contribution in [0.4, 0.5) is 11.4 Å². The molecule has 0 bridgehead atoms. The molecule has 158 valence electrons. The molecule has 0 heterocycles. The summed E-state index contributed by atoms with van der Waals surface area (Å²) in [5, 5.41) is 6.04. The van der Waals surface area contributed by atoms with Crippen LogP contribution in [0.2, 0.25) is 0 Å². The second kappa shape index (κ2) is 9.95. The third kappa shape index (κ3) is 5.62. The van der Waals surface area contributed by atoms with E-state index in [0.717, 1.165) is 37.2 Å². The molecule has 0 aliphatic heterocycles. The first-order valence-electron chi connectivity index (χ1n) is 11.2. The van der Waals surface area contributed by atoms with Crippen LogP contribution < -0.4 is 15.5 Å². The van der Waals surface area contributed by atoms with Crippen molar-refractivity contribution in [2.75, 3.05) is 29.9 Å². The van der Waals surface area contributed by atoms with E-state index >= 15 is 0 Å². The van der Waals surface area contributed by atoms with E-state index in [2.05, 4.69) is 41.5 Å². The summed E-state index contributed by atoms with van der Waals surface area (Å²) in [6.45, 7) is 8.88. The van der Waals surface area contributed by atoms with Crippen molar-refractivity contribution < 1.29 is 9.59 Å². The first-order chi connectivity index (χ1) is 14.0. The van der Waals surface area contributed by atoms with Crippen LogP contribution in [0.3, 0.4) is 0 Å². The van der Waals surface area contributed by atoms with Gasteiger partial charge in [-0.25, -0.2) is 0 Å². The van der Waals surface area contributed by atoms with Crippen LogP contribution in [0, 0.1) is 18.8 Å². The van der Waals surface area contributed by atoms with Crippen molar-refractivity contribution >= 4 is 23.2 Å². The lowest BCUT2D eigenvalue weighted by Crippen LogP contribution is -2.28. The number of rotatable bonds is 9. The SMILES string of the molecule is CCN(CC)c1ccc(NC(=O)C2CC2C(=O)NCCC2=CCCCC2)c(C)c1. The fourth-order valence-electron chi connectivity index (χ4n) is 4.18. The smallest absolute Gasteiger partial charge is 0.228 e. The molecule has 0 radical (unpaired) electrons. The number of aryl methyl sites for hydroxylation is 1. The molecule has 2 amide bonds. The molecule has 29 heavy (non-hydrogen) atoms. The Hall–Kier alpha value is -2.30. The minimum absolute atomic E-state index is 0.0233. The number of nitrogens with zero attached hydrogens (tertiary/aromatic N) is 1. The second-order valence-electron chi connectivity index (χ2n) is 8.26. The summed E-state index contributed by atoms with van der Waals surface area (Å²) in [5.41, 5.74) is 4.51. The van der Waals surface area contributed by atoms with E-state index in [0.29, 0.717) is 13.0 Å². The van der Waals surface area contributed by atoms with Gasteiger partial charge in [0.15, 0.2) is 0 Å². The topological polar surface area (TPSA) is 61.4 Å². The molecule has 0 spiro atoms. The van der Waals surface area contributed by atoms with Crippen molar-refractivity contribution in [2.24, 2.45) is 11.8 Å². The van der Waals surface area contributed by atoms with Crippen LogP contribution >= 0.6 is 0 Å². The number of hydrogen-bond acceptors (Lipinski definition) is 3. The molecular weight excluding hydrogens is 362 g/mol. The lowest BCUT2D eigenvalue weighted by molar-refractivity contribution is -0.125. The number of carbonyl (C=O) groups is 2. The molecule has 2 N–H and O–H groups in total. The predicted molar refractivity (Wildman–Crippen MR) is 119 cm³/mol. The van der Waals surface area contributed by atoms with Crippen molar-refractivity contribution in [3.8, 4) is 0 Å².